The van der Waals surface area contributed by atoms with Crippen LogP contribution in [0.5, 0.6) is 17.2 Å². The maximum absolute atomic E-state index is 13.0. The van der Waals surface area contributed by atoms with Crippen LogP contribution in [0.2, 0.25) is 0 Å². The minimum absolute atomic E-state index is 0. The fraction of sp³-hybridized carbons (Fsp3) is 0.696. The Balaban J connectivity index is 0.00000256. The Bertz CT molecular complexity index is 722. The van der Waals surface area contributed by atoms with E-state index in [1.54, 1.807) is 33.5 Å². The highest BCUT2D eigenvalue weighted by Gasteiger charge is 2.42. The van der Waals surface area contributed by atoms with Gasteiger partial charge in [-0.05, 0) is 43.9 Å². The van der Waals surface area contributed by atoms with Gasteiger partial charge in [-0.1, -0.05) is 12.8 Å². The number of hydrogen-bond acceptors (Lipinski definition) is 5. The first-order valence-corrected chi connectivity index (χ1v) is 11.0. The van der Waals surface area contributed by atoms with Crippen LogP contribution >= 0.6 is 12.4 Å². The second kappa shape index (κ2) is 10.1. The average Bonchev–Trinajstić information content (AvgIpc) is 3.20. The number of nitrogens with one attached hydrogen (secondary N) is 1. The summed E-state index contributed by atoms with van der Waals surface area (Å²) >= 11 is 0. The molecule has 0 spiro atoms. The molecule has 168 valence electrons. The summed E-state index contributed by atoms with van der Waals surface area (Å²) < 4.78 is 16.1. The number of ether oxygens (including phenoxy) is 3. The zero-order chi connectivity index (χ0) is 20.4. The van der Waals surface area contributed by atoms with E-state index in [4.69, 9.17) is 14.2 Å². The van der Waals surface area contributed by atoms with Crippen LogP contribution in [0.15, 0.2) is 12.1 Å². The van der Waals surface area contributed by atoms with Gasteiger partial charge >= 0.3 is 0 Å². The Labute approximate surface area is 186 Å². The fourth-order valence-electron chi connectivity index (χ4n) is 5.88. The summed E-state index contributed by atoms with van der Waals surface area (Å²) in [5, 5.41) is 3.24. The Hall–Kier alpha value is -1.66. The van der Waals surface area contributed by atoms with Crippen LogP contribution in [0.25, 0.3) is 0 Å². The number of rotatable bonds is 6. The van der Waals surface area contributed by atoms with Crippen LogP contribution in [-0.2, 0) is 0 Å². The van der Waals surface area contributed by atoms with Gasteiger partial charge in [0.15, 0.2) is 11.5 Å². The maximum Gasteiger partial charge on any atom is 0.255 e. The van der Waals surface area contributed by atoms with Crippen LogP contribution in [-0.4, -0.2) is 57.3 Å². The van der Waals surface area contributed by atoms with Gasteiger partial charge in [-0.25, -0.2) is 0 Å². The molecule has 1 heterocycles. The molecule has 0 aromatic heterocycles. The van der Waals surface area contributed by atoms with Crippen molar-refractivity contribution >= 4 is 18.3 Å². The van der Waals surface area contributed by atoms with E-state index in [-0.39, 0.29) is 24.4 Å². The third-order valence-corrected chi connectivity index (χ3v) is 7.19. The Kier molecular flexibility index (Phi) is 7.75. The third-order valence-electron chi connectivity index (χ3n) is 7.19. The van der Waals surface area contributed by atoms with E-state index in [9.17, 15) is 4.79 Å². The number of fused-ring (bicyclic) bond motifs is 2. The number of nitrogens with zero attached hydrogens (tertiary/aromatic N) is 1. The lowest BCUT2D eigenvalue weighted by Crippen LogP contribution is -2.50. The summed E-state index contributed by atoms with van der Waals surface area (Å²) in [6.45, 7) is 2.05. The van der Waals surface area contributed by atoms with E-state index in [0.717, 1.165) is 37.4 Å². The smallest absolute Gasteiger partial charge is 0.255 e. The largest absolute Gasteiger partial charge is 0.496 e. The second-order valence-electron chi connectivity index (χ2n) is 8.73. The van der Waals surface area contributed by atoms with Crippen LogP contribution in [0.1, 0.15) is 55.3 Å². The van der Waals surface area contributed by atoms with Crippen molar-refractivity contribution in [1.29, 1.82) is 0 Å². The fourth-order valence-corrected chi connectivity index (χ4v) is 5.88. The number of hydrogen-bond donors (Lipinski definition) is 1. The lowest BCUT2D eigenvalue weighted by atomic mass is 9.68. The molecule has 0 radical (unpaired) electrons. The van der Waals surface area contributed by atoms with Gasteiger partial charge in [-0.3, -0.25) is 9.69 Å². The number of benzene rings is 1. The van der Waals surface area contributed by atoms with Crippen molar-refractivity contribution in [3.63, 3.8) is 0 Å². The van der Waals surface area contributed by atoms with Crippen LogP contribution in [0.3, 0.4) is 0 Å². The molecule has 7 heteroatoms. The van der Waals surface area contributed by atoms with Gasteiger partial charge in [0.1, 0.15) is 5.75 Å². The van der Waals surface area contributed by atoms with E-state index in [1.807, 2.05) is 0 Å². The van der Waals surface area contributed by atoms with E-state index >= 15 is 0 Å². The zero-order valence-corrected chi connectivity index (χ0v) is 19.1. The van der Waals surface area contributed by atoms with Gasteiger partial charge in [-0.15, -0.1) is 12.4 Å². The number of amides is 1. The van der Waals surface area contributed by atoms with E-state index in [1.165, 1.54) is 38.5 Å². The van der Waals surface area contributed by atoms with Gasteiger partial charge in [0.05, 0.1) is 26.9 Å². The van der Waals surface area contributed by atoms with Gasteiger partial charge < -0.3 is 19.5 Å². The van der Waals surface area contributed by atoms with Crippen molar-refractivity contribution in [3.8, 4) is 17.2 Å². The zero-order valence-electron chi connectivity index (χ0n) is 18.3. The van der Waals surface area contributed by atoms with Gasteiger partial charge in [0, 0.05) is 37.3 Å². The first-order chi connectivity index (χ1) is 14.1. The summed E-state index contributed by atoms with van der Waals surface area (Å²) in [6.07, 6.45) is 9.36. The highest BCUT2D eigenvalue weighted by atomic mass is 35.5. The molecule has 3 fully saturated rings. The minimum Gasteiger partial charge on any atom is -0.496 e. The Morgan fingerprint density at radius 3 is 2.03 bits per heavy atom. The number of methoxy groups -OCH3 is 3. The molecule has 3 aliphatic rings. The Morgan fingerprint density at radius 1 is 0.900 bits per heavy atom. The number of halogens is 1. The summed E-state index contributed by atoms with van der Waals surface area (Å²) in [5.41, 5.74) is 0.484. The van der Waals surface area contributed by atoms with Crippen molar-refractivity contribution in [1.82, 2.24) is 10.2 Å². The minimum atomic E-state index is -0.113. The van der Waals surface area contributed by atoms with Crippen molar-refractivity contribution < 1.29 is 19.0 Å². The molecular weight excluding hydrogens is 404 g/mol. The monoisotopic (exact) mass is 438 g/mol. The SMILES string of the molecule is COc1cc(OC)c(C(=O)NC2CCN(C3C4CCCC3CCC4)C2)cc1OC.Cl. The van der Waals surface area contributed by atoms with Crippen LogP contribution in [0.4, 0.5) is 0 Å². The van der Waals surface area contributed by atoms with Gasteiger partial charge in [-0.2, -0.15) is 0 Å². The average molecular weight is 439 g/mol. The molecule has 30 heavy (non-hydrogen) atoms. The molecule has 2 aliphatic carbocycles. The number of carbonyl (C=O) groups is 1. The molecule has 1 saturated heterocycles. The second-order valence-corrected chi connectivity index (χ2v) is 8.73. The highest BCUT2D eigenvalue weighted by molar-refractivity contribution is 5.98. The van der Waals surface area contributed by atoms with Crippen molar-refractivity contribution in [3.05, 3.63) is 17.7 Å². The first-order valence-electron chi connectivity index (χ1n) is 11.0. The van der Waals surface area contributed by atoms with Crippen LogP contribution < -0.4 is 19.5 Å². The topological polar surface area (TPSA) is 60.0 Å². The first kappa shape index (κ1) is 23.0. The molecule has 1 aromatic rings. The lowest BCUT2D eigenvalue weighted by molar-refractivity contribution is 0.0346. The summed E-state index contributed by atoms with van der Waals surface area (Å²) in [5.74, 6) is 3.19. The maximum atomic E-state index is 13.0. The Morgan fingerprint density at radius 2 is 1.47 bits per heavy atom. The quantitative estimate of drug-likeness (QED) is 0.729. The van der Waals surface area contributed by atoms with Crippen LogP contribution in [0, 0.1) is 11.8 Å². The highest BCUT2D eigenvalue weighted by Crippen LogP contribution is 2.43. The van der Waals surface area contributed by atoms with Gasteiger partial charge in [0.25, 0.3) is 5.91 Å². The molecular formula is C23H35ClN2O4. The molecule has 2 bridgehead atoms. The molecule has 1 aromatic carbocycles. The van der Waals surface area contributed by atoms with Gasteiger partial charge in [0.2, 0.25) is 0 Å². The standard InChI is InChI=1S/C23H34N2O4.ClH/c1-27-19-13-21(29-3)20(28-2)12-18(19)23(26)24-17-10-11-25(14-17)22-15-6-4-7-16(22)9-5-8-15;/h12-13,15-17,22H,4-11,14H2,1-3H3,(H,24,26);1H. The molecule has 1 aliphatic heterocycles. The summed E-state index contributed by atoms with van der Waals surface area (Å²) in [6, 6.07) is 4.32. The molecule has 1 atom stereocenters. The van der Waals surface area contributed by atoms with Crippen molar-refractivity contribution in [2.45, 2.75) is 57.0 Å². The van der Waals surface area contributed by atoms with E-state index in [2.05, 4.69) is 10.2 Å². The molecule has 1 unspecified atom stereocenters. The summed E-state index contributed by atoms with van der Waals surface area (Å²) in [4.78, 5) is 15.7. The molecule has 1 N–H and O–H groups in total. The number of carbonyl (C=O) groups excluding carboxylic acids is 1. The molecule has 2 saturated carbocycles. The number of likely N-dealkylation sites (tertiary alicyclic amines) is 1. The molecule has 4 rings (SSSR count). The normalized spacial score (nSPS) is 28.4. The summed E-state index contributed by atoms with van der Waals surface area (Å²) in [7, 11) is 4.71. The van der Waals surface area contributed by atoms with Crippen molar-refractivity contribution in [2.24, 2.45) is 11.8 Å². The van der Waals surface area contributed by atoms with E-state index < -0.39 is 0 Å². The van der Waals surface area contributed by atoms with E-state index in [0.29, 0.717) is 22.8 Å². The lowest BCUT2D eigenvalue weighted by Gasteiger charge is -2.47. The molecule has 1 amide bonds. The van der Waals surface area contributed by atoms with Crippen molar-refractivity contribution in [2.75, 3.05) is 34.4 Å². The predicted molar refractivity (Wildman–Crippen MR) is 119 cm³/mol. The molecule has 6 nitrogen and oxygen atoms in total. The predicted octanol–water partition coefficient (Wildman–Crippen LogP) is 3.91. The third kappa shape index (κ3) is 4.50.